The van der Waals surface area contributed by atoms with Crippen LogP contribution in [0.15, 0.2) is 22.7 Å². The van der Waals surface area contributed by atoms with E-state index in [1.807, 2.05) is 39.0 Å². The number of hydrogen-bond acceptors (Lipinski definition) is 3. The molecule has 1 rings (SSSR count). The second-order valence-electron chi connectivity index (χ2n) is 4.46. The van der Waals surface area contributed by atoms with Gasteiger partial charge in [-0.05, 0) is 40.5 Å². The number of halogens is 1. The topological polar surface area (TPSA) is 41.5 Å². The summed E-state index contributed by atoms with van der Waals surface area (Å²) in [6.45, 7) is 6.95. The van der Waals surface area contributed by atoms with Crippen molar-refractivity contribution in [3.8, 4) is 5.75 Å². The molecule has 1 unspecified atom stereocenters. The predicted molar refractivity (Wildman–Crippen MR) is 73.5 cm³/mol. The monoisotopic (exact) mass is 301 g/mol. The molecule has 4 heteroatoms. The highest BCUT2D eigenvalue weighted by Crippen LogP contribution is 2.25. The highest BCUT2D eigenvalue weighted by atomic mass is 79.9. The van der Waals surface area contributed by atoms with Crippen molar-refractivity contribution in [2.75, 3.05) is 13.2 Å². The molecule has 0 spiro atoms. The number of aliphatic hydroxyl groups excluding tert-OH is 1. The molecule has 1 aromatic rings. The fourth-order valence-corrected chi connectivity index (χ4v) is 1.95. The molecule has 0 aliphatic rings. The standard InChI is InChI=1S/C13H20BrNO2/c1-9(2)15-7-11(16)8-17-13-5-4-10(3)6-12(13)14/h4-6,9,11,15-16H,7-8H2,1-3H3. The minimum atomic E-state index is -0.495. The van der Waals surface area contributed by atoms with Crippen LogP contribution >= 0.6 is 15.9 Å². The van der Waals surface area contributed by atoms with Crippen molar-refractivity contribution in [3.05, 3.63) is 28.2 Å². The molecule has 0 radical (unpaired) electrons. The van der Waals surface area contributed by atoms with Gasteiger partial charge in [-0.2, -0.15) is 0 Å². The fraction of sp³-hybridized carbons (Fsp3) is 0.538. The van der Waals surface area contributed by atoms with Crippen LogP contribution in [0.2, 0.25) is 0 Å². The first-order chi connectivity index (χ1) is 7.99. The number of nitrogens with one attached hydrogen (secondary N) is 1. The third-order valence-corrected chi connectivity index (χ3v) is 2.90. The largest absolute Gasteiger partial charge is 0.490 e. The lowest BCUT2D eigenvalue weighted by Gasteiger charge is -2.15. The van der Waals surface area contributed by atoms with E-state index < -0.39 is 6.10 Å². The summed E-state index contributed by atoms with van der Waals surface area (Å²) in [6.07, 6.45) is -0.495. The summed E-state index contributed by atoms with van der Waals surface area (Å²) < 4.78 is 6.47. The minimum Gasteiger partial charge on any atom is -0.490 e. The first-order valence-corrected chi connectivity index (χ1v) is 6.58. The average molecular weight is 302 g/mol. The predicted octanol–water partition coefficient (Wildman–Crippen LogP) is 2.50. The van der Waals surface area contributed by atoms with E-state index in [0.717, 1.165) is 10.2 Å². The Balaban J connectivity index is 2.39. The molecule has 0 amide bonds. The lowest BCUT2D eigenvalue weighted by molar-refractivity contribution is 0.104. The van der Waals surface area contributed by atoms with Gasteiger partial charge in [0.1, 0.15) is 18.5 Å². The van der Waals surface area contributed by atoms with Crippen LogP contribution in [0.4, 0.5) is 0 Å². The highest BCUT2D eigenvalue weighted by Gasteiger charge is 2.07. The summed E-state index contributed by atoms with van der Waals surface area (Å²) in [5, 5.41) is 12.9. The van der Waals surface area contributed by atoms with E-state index >= 15 is 0 Å². The SMILES string of the molecule is Cc1ccc(OCC(O)CNC(C)C)c(Br)c1. The van der Waals surface area contributed by atoms with Crippen molar-refractivity contribution in [2.45, 2.75) is 32.9 Å². The molecule has 0 bridgehead atoms. The van der Waals surface area contributed by atoms with Gasteiger partial charge in [-0.1, -0.05) is 19.9 Å². The van der Waals surface area contributed by atoms with E-state index in [-0.39, 0.29) is 0 Å². The first-order valence-electron chi connectivity index (χ1n) is 5.79. The number of ether oxygens (including phenoxy) is 1. The van der Waals surface area contributed by atoms with Gasteiger partial charge in [0.25, 0.3) is 0 Å². The summed E-state index contributed by atoms with van der Waals surface area (Å²) in [7, 11) is 0. The van der Waals surface area contributed by atoms with Crippen LogP contribution in [0.1, 0.15) is 19.4 Å². The maximum Gasteiger partial charge on any atom is 0.133 e. The maximum atomic E-state index is 9.70. The van der Waals surface area contributed by atoms with Gasteiger partial charge in [-0.25, -0.2) is 0 Å². The molecule has 2 N–H and O–H groups in total. The maximum absolute atomic E-state index is 9.70. The van der Waals surface area contributed by atoms with Gasteiger partial charge in [0.2, 0.25) is 0 Å². The Morgan fingerprint density at radius 2 is 2.12 bits per heavy atom. The Bertz CT molecular complexity index is 355. The van der Waals surface area contributed by atoms with E-state index in [9.17, 15) is 5.11 Å². The Hall–Kier alpha value is -0.580. The zero-order valence-electron chi connectivity index (χ0n) is 10.5. The lowest BCUT2D eigenvalue weighted by Crippen LogP contribution is -2.35. The van der Waals surface area contributed by atoms with E-state index in [4.69, 9.17) is 4.74 Å². The summed E-state index contributed by atoms with van der Waals surface area (Å²) >= 11 is 3.44. The van der Waals surface area contributed by atoms with Gasteiger partial charge in [0.15, 0.2) is 0 Å². The van der Waals surface area contributed by atoms with E-state index in [1.54, 1.807) is 0 Å². The van der Waals surface area contributed by atoms with Crippen LogP contribution in [-0.2, 0) is 0 Å². The quantitative estimate of drug-likeness (QED) is 0.848. The number of hydrogen-bond donors (Lipinski definition) is 2. The molecule has 0 heterocycles. The molecule has 0 saturated carbocycles. The van der Waals surface area contributed by atoms with Crippen LogP contribution in [0.5, 0.6) is 5.75 Å². The van der Waals surface area contributed by atoms with E-state index in [2.05, 4.69) is 21.2 Å². The molecular formula is C13H20BrNO2. The molecule has 0 saturated heterocycles. The highest BCUT2D eigenvalue weighted by molar-refractivity contribution is 9.10. The Kier molecular flexibility index (Phi) is 5.95. The molecule has 0 fully saturated rings. The molecule has 0 aliphatic carbocycles. The van der Waals surface area contributed by atoms with Crippen molar-refractivity contribution in [1.29, 1.82) is 0 Å². The Labute approximate surface area is 111 Å². The molecule has 0 aromatic heterocycles. The lowest BCUT2D eigenvalue weighted by atomic mass is 10.2. The third kappa shape index (κ3) is 5.52. The molecule has 1 aromatic carbocycles. The van der Waals surface area contributed by atoms with Crippen molar-refractivity contribution >= 4 is 15.9 Å². The number of aliphatic hydroxyl groups is 1. The summed E-state index contributed by atoms with van der Waals surface area (Å²) in [4.78, 5) is 0. The van der Waals surface area contributed by atoms with Crippen LogP contribution in [0, 0.1) is 6.92 Å². The Morgan fingerprint density at radius 3 is 2.71 bits per heavy atom. The fourth-order valence-electron chi connectivity index (χ4n) is 1.34. The van der Waals surface area contributed by atoms with Gasteiger partial charge in [0.05, 0.1) is 4.47 Å². The van der Waals surface area contributed by atoms with Crippen LogP contribution in [-0.4, -0.2) is 30.4 Å². The molecular weight excluding hydrogens is 282 g/mol. The molecule has 17 heavy (non-hydrogen) atoms. The van der Waals surface area contributed by atoms with Crippen LogP contribution < -0.4 is 10.1 Å². The zero-order chi connectivity index (χ0) is 12.8. The molecule has 1 atom stereocenters. The molecule has 96 valence electrons. The van der Waals surface area contributed by atoms with Crippen LogP contribution in [0.25, 0.3) is 0 Å². The zero-order valence-corrected chi connectivity index (χ0v) is 12.1. The normalized spacial score (nSPS) is 12.8. The van der Waals surface area contributed by atoms with Gasteiger partial charge in [0, 0.05) is 12.6 Å². The van der Waals surface area contributed by atoms with Gasteiger partial charge in [-0.3, -0.25) is 0 Å². The van der Waals surface area contributed by atoms with Gasteiger partial charge < -0.3 is 15.2 Å². The second-order valence-corrected chi connectivity index (χ2v) is 5.32. The van der Waals surface area contributed by atoms with Crippen LogP contribution in [0.3, 0.4) is 0 Å². The molecule has 0 aliphatic heterocycles. The first kappa shape index (κ1) is 14.5. The number of benzene rings is 1. The summed E-state index contributed by atoms with van der Waals surface area (Å²) in [6, 6.07) is 6.25. The van der Waals surface area contributed by atoms with E-state index in [0.29, 0.717) is 19.2 Å². The second kappa shape index (κ2) is 6.99. The number of rotatable bonds is 6. The Morgan fingerprint density at radius 1 is 1.41 bits per heavy atom. The van der Waals surface area contributed by atoms with Crippen molar-refractivity contribution in [3.63, 3.8) is 0 Å². The minimum absolute atomic E-state index is 0.293. The third-order valence-electron chi connectivity index (χ3n) is 2.28. The summed E-state index contributed by atoms with van der Waals surface area (Å²) in [5.74, 6) is 0.763. The average Bonchev–Trinajstić information content (AvgIpc) is 2.25. The molecule has 3 nitrogen and oxygen atoms in total. The van der Waals surface area contributed by atoms with Crippen molar-refractivity contribution in [1.82, 2.24) is 5.32 Å². The number of aryl methyl sites for hydroxylation is 1. The van der Waals surface area contributed by atoms with Gasteiger partial charge >= 0.3 is 0 Å². The smallest absolute Gasteiger partial charge is 0.133 e. The van der Waals surface area contributed by atoms with Gasteiger partial charge in [-0.15, -0.1) is 0 Å². The summed E-state index contributed by atoms with van der Waals surface area (Å²) in [5.41, 5.74) is 1.17. The van der Waals surface area contributed by atoms with E-state index in [1.165, 1.54) is 5.56 Å². The van der Waals surface area contributed by atoms with Crippen molar-refractivity contribution < 1.29 is 9.84 Å². The van der Waals surface area contributed by atoms with Crippen molar-refractivity contribution in [2.24, 2.45) is 0 Å².